The Hall–Kier alpha value is -2.83. The summed E-state index contributed by atoms with van der Waals surface area (Å²) in [5.74, 6) is 0.0446. The van der Waals surface area contributed by atoms with Crippen LogP contribution in [0.2, 0.25) is 0 Å². The topological polar surface area (TPSA) is 71.7 Å². The molecule has 3 aromatic rings. The molecule has 0 aromatic carbocycles. The fourth-order valence-corrected chi connectivity index (χ4v) is 3.73. The van der Waals surface area contributed by atoms with Crippen molar-refractivity contribution in [3.63, 3.8) is 0 Å². The molecule has 1 aliphatic heterocycles. The molecule has 4 rings (SSSR count). The summed E-state index contributed by atoms with van der Waals surface area (Å²) in [6.45, 7) is 1.64. The Morgan fingerprint density at radius 2 is 2.23 bits per heavy atom. The lowest BCUT2D eigenvalue weighted by Crippen LogP contribution is -2.44. The highest BCUT2D eigenvalue weighted by molar-refractivity contribution is 5.93. The number of carbonyl (C=O) groups excluding carboxylic acids is 1. The Labute approximate surface area is 152 Å². The molecule has 0 saturated carbocycles. The van der Waals surface area contributed by atoms with Crippen LogP contribution in [-0.2, 0) is 13.6 Å². The van der Waals surface area contributed by atoms with E-state index in [1.807, 2.05) is 57.9 Å². The first kappa shape index (κ1) is 16.6. The van der Waals surface area contributed by atoms with Crippen molar-refractivity contribution >= 4 is 5.91 Å². The Balaban J connectivity index is 1.48. The summed E-state index contributed by atoms with van der Waals surface area (Å²) in [5.41, 5.74) is 2.35. The molecule has 1 atom stereocenters. The summed E-state index contributed by atoms with van der Waals surface area (Å²) >= 11 is 0. The molecule has 7 nitrogen and oxygen atoms in total. The van der Waals surface area contributed by atoms with Gasteiger partial charge in [-0.15, -0.1) is 0 Å². The van der Waals surface area contributed by atoms with E-state index in [0.717, 1.165) is 43.7 Å². The number of hydrogen-bond acceptors (Lipinski definition) is 3. The van der Waals surface area contributed by atoms with Gasteiger partial charge in [0.05, 0.1) is 5.69 Å². The third-order valence-electron chi connectivity index (χ3n) is 5.15. The van der Waals surface area contributed by atoms with E-state index in [0.29, 0.717) is 5.69 Å². The second kappa shape index (κ2) is 7.19. The molecule has 136 valence electrons. The Kier molecular flexibility index (Phi) is 4.60. The van der Waals surface area contributed by atoms with Crippen molar-refractivity contribution in [3.05, 3.63) is 48.5 Å². The van der Waals surface area contributed by atoms with Crippen molar-refractivity contribution < 1.29 is 4.79 Å². The molecule has 3 aromatic heterocycles. The van der Waals surface area contributed by atoms with Gasteiger partial charge in [0.1, 0.15) is 11.4 Å². The molecule has 1 N–H and O–H groups in total. The molecule has 4 heterocycles. The lowest BCUT2D eigenvalue weighted by molar-refractivity contribution is 0.0588. The summed E-state index contributed by atoms with van der Waals surface area (Å²) < 4.78 is 3.93. The molecule has 1 saturated heterocycles. The van der Waals surface area contributed by atoms with Crippen LogP contribution in [0.1, 0.15) is 36.2 Å². The summed E-state index contributed by atoms with van der Waals surface area (Å²) in [4.78, 5) is 15.1. The van der Waals surface area contributed by atoms with E-state index in [-0.39, 0.29) is 11.9 Å². The van der Waals surface area contributed by atoms with Crippen LogP contribution in [0, 0.1) is 0 Å². The maximum absolute atomic E-state index is 13.1. The monoisotopic (exact) mass is 352 g/mol. The molecule has 7 heteroatoms. The average molecular weight is 352 g/mol. The first-order valence-corrected chi connectivity index (χ1v) is 9.18. The number of likely N-dealkylation sites (tertiary alicyclic amines) is 1. The molecule has 0 aliphatic carbocycles. The lowest BCUT2D eigenvalue weighted by Gasteiger charge is -2.35. The van der Waals surface area contributed by atoms with Gasteiger partial charge in [0, 0.05) is 44.8 Å². The van der Waals surface area contributed by atoms with Crippen molar-refractivity contribution in [2.75, 3.05) is 6.54 Å². The molecule has 0 radical (unpaired) electrons. The third kappa shape index (κ3) is 3.29. The summed E-state index contributed by atoms with van der Waals surface area (Å²) in [6.07, 6.45) is 9.93. The molecule has 1 fully saturated rings. The highest BCUT2D eigenvalue weighted by Crippen LogP contribution is 2.24. The van der Waals surface area contributed by atoms with Crippen LogP contribution < -0.4 is 0 Å². The smallest absolute Gasteiger partial charge is 0.272 e. The normalized spacial score (nSPS) is 17.6. The van der Waals surface area contributed by atoms with Gasteiger partial charge in [-0.1, -0.05) is 0 Å². The van der Waals surface area contributed by atoms with Crippen molar-refractivity contribution in [1.82, 2.24) is 29.4 Å². The van der Waals surface area contributed by atoms with E-state index in [9.17, 15) is 4.79 Å². The third-order valence-corrected chi connectivity index (χ3v) is 5.15. The number of amides is 1. The Morgan fingerprint density at radius 1 is 1.31 bits per heavy atom. The molecule has 0 spiro atoms. The number of nitrogens with zero attached hydrogens (tertiary/aromatic N) is 5. The zero-order valence-electron chi connectivity index (χ0n) is 15.0. The number of nitrogens with one attached hydrogen (secondary N) is 1. The number of rotatable bonds is 5. The van der Waals surface area contributed by atoms with Crippen molar-refractivity contribution in [2.24, 2.45) is 7.05 Å². The minimum absolute atomic E-state index is 0.0446. The summed E-state index contributed by atoms with van der Waals surface area (Å²) in [5, 5.41) is 11.5. The maximum Gasteiger partial charge on any atom is 0.272 e. The summed E-state index contributed by atoms with van der Waals surface area (Å²) in [6, 6.07) is 8.01. The van der Waals surface area contributed by atoms with Crippen LogP contribution in [0.25, 0.3) is 11.4 Å². The molecule has 0 unspecified atom stereocenters. The van der Waals surface area contributed by atoms with Gasteiger partial charge in [-0.2, -0.15) is 10.2 Å². The largest absolute Gasteiger partial charge is 0.349 e. The molecule has 1 aliphatic rings. The molecule has 0 bridgehead atoms. The first-order chi connectivity index (χ1) is 12.7. The maximum atomic E-state index is 13.1. The predicted molar refractivity (Wildman–Crippen MR) is 98.5 cm³/mol. The van der Waals surface area contributed by atoms with Crippen LogP contribution in [0.5, 0.6) is 0 Å². The SMILES string of the molecule is Cn1cccc1-c1cc(C(=O)N2CCCC[C@H]2CCn2cccn2)[nH]n1. The number of hydrogen-bond donors (Lipinski definition) is 1. The molecule has 1 amide bonds. The van der Waals surface area contributed by atoms with Crippen LogP contribution in [0.15, 0.2) is 42.9 Å². The Morgan fingerprint density at radius 3 is 3.00 bits per heavy atom. The van der Waals surface area contributed by atoms with Crippen LogP contribution in [0.4, 0.5) is 0 Å². The van der Waals surface area contributed by atoms with Gasteiger partial charge in [0.25, 0.3) is 5.91 Å². The van der Waals surface area contributed by atoms with Crippen LogP contribution in [-0.4, -0.2) is 47.9 Å². The van der Waals surface area contributed by atoms with Crippen molar-refractivity contribution in [1.29, 1.82) is 0 Å². The van der Waals surface area contributed by atoms with Crippen LogP contribution >= 0.6 is 0 Å². The number of piperidine rings is 1. The average Bonchev–Trinajstić information content (AvgIpc) is 3.41. The predicted octanol–water partition coefficient (Wildman–Crippen LogP) is 2.70. The number of aryl methyl sites for hydroxylation is 2. The standard InChI is InChI=1S/C19H24N6O/c1-23-10-4-7-18(23)16-14-17(22-21-16)19(26)25-12-3-2-6-15(25)8-13-24-11-5-9-20-24/h4-5,7,9-11,14-15H,2-3,6,8,12-13H2,1H3,(H,21,22)/t15-/m0/s1. The van der Waals surface area contributed by atoms with Gasteiger partial charge in [-0.3, -0.25) is 14.6 Å². The van der Waals surface area contributed by atoms with Crippen molar-refractivity contribution in [3.8, 4) is 11.4 Å². The molecular weight excluding hydrogens is 328 g/mol. The second-order valence-corrected chi connectivity index (χ2v) is 6.88. The minimum Gasteiger partial charge on any atom is -0.349 e. The van der Waals surface area contributed by atoms with Crippen molar-refractivity contribution in [2.45, 2.75) is 38.3 Å². The highest BCUT2D eigenvalue weighted by Gasteiger charge is 2.28. The van der Waals surface area contributed by atoms with Gasteiger partial charge < -0.3 is 9.47 Å². The lowest BCUT2D eigenvalue weighted by atomic mass is 9.99. The molecule has 26 heavy (non-hydrogen) atoms. The first-order valence-electron chi connectivity index (χ1n) is 9.18. The van der Waals surface area contributed by atoms with Gasteiger partial charge in [0.2, 0.25) is 0 Å². The molecular formula is C19H24N6O. The highest BCUT2D eigenvalue weighted by atomic mass is 16.2. The van der Waals surface area contributed by atoms with Gasteiger partial charge >= 0.3 is 0 Å². The zero-order chi connectivity index (χ0) is 17.9. The van der Waals surface area contributed by atoms with E-state index in [4.69, 9.17) is 0 Å². The number of aromatic amines is 1. The summed E-state index contributed by atoms with van der Waals surface area (Å²) in [7, 11) is 1.97. The number of H-pyrrole nitrogens is 1. The fourth-order valence-electron chi connectivity index (χ4n) is 3.73. The Bertz CT molecular complexity index is 862. The minimum atomic E-state index is 0.0446. The number of carbonyl (C=O) groups is 1. The van der Waals surface area contributed by atoms with E-state index < -0.39 is 0 Å². The van der Waals surface area contributed by atoms with E-state index >= 15 is 0 Å². The van der Waals surface area contributed by atoms with Gasteiger partial charge in [-0.25, -0.2) is 0 Å². The van der Waals surface area contributed by atoms with Crippen LogP contribution in [0.3, 0.4) is 0 Å². The second-order valence-electron chi connectivity index (χ2n) is 6.88. The van der Waals surface area contributed by atoms with E-state index in [2.05, 4.69) is 15.3 Å². The fraction of sp³-hybridized carbons (Fsp3) is 0.421. The quantitative estimate of drug-likeness (QED) is 0.767. The zero-order valence-corrected chi connectivity index (χ0v) is 15.0. The number of aromatic nitrogens is 5. The van der Waals surface area contributed by atoms with E-state index in [1.54, 1.807) is 6.20 Å². The van der Waals surface area contributed by atoms with Gasteiger partial charge in [-0.05, 0) is 49.9 Å². The van der Waals surface area contributed by atoms with E-state index in [1.165, 1.54) is 6.42 Å². The van der Waals surface area contributed by atoms with Gasteiger partial charge in [0.15, 0.2) is 0 Å².